The van der Waals surface area contributed by atoms with Gasteiger partial charge in [-0.2, -0.15) is 5.10 Å². The van der Waals surface area contributed by atoms with Gasteiger partial charge in [-0.1, -0.05) is 38.2 Å². The summed E-state index contributed by atoms with van der Waals surface area (Å²) in [6.45, 7) is 2.41. The quantitative estimate of drug-likeness (QED) is 0.473. The van der Waals surface area contributed by atoms with E-state index in [0.29, 0.717) is 36.7 Å². The van der Waals surface area contributed by atoms with Crippen LogP contribution in [0.2, 0.25) is 0 Å². The number of H-pyrrole nitrogens is 1. The summed E-state index contributed by atoms with van der Waals surface area (Å²) in [5.74, 6) is 1.30. The number of phenolic OH excluding ortho intramolecular Hbond substituents is 1. The number of carbonyl (C=O) groups excluding carboxylic acids is 1. The molecule has 0 spiro atoms. The minimum absolute atomic E-state index is 0.0183. The summed E-state index contributed by atoms with van der Waals surface area (Å²) in [7, 11) is 1.89. The maximum Gasteiger partial charge on any atom is 0.258 e. The number of likely N-dealkylation sites (N-methyl/N-ethyl adjacent to an activating group) is 1. The van der Waals surface area contributed by atoms with E-state index in [0.717, 1.165) is 40.9 Å². The molecule has 0 radical (unpaired) electrons. The summed E-state index contributed by atoms with van der Waals surface area (Å²) in [6, 6.07) is 9.43. The van der Waals surface area contributed by atoms with Crippen LogP contribution in [0.1, 0.15) is 59.3 Å². The van der Waals surface area contributed by atoms with Crippen LogP contribution in [0, 0.1) is 5.92 Å². The lowest BCUT2D eigenvalue weighted by atomic mass is 9.85. The van der Waals surface area contributed by atoms with Gasteiger partial charge in [0.25, 0.3) is 5.91 Å². The van der Waals surface area contributed by atoms with Gasteiger partial charge in [0.2, 0.25) is 0 Å². The third-order valence-corrected chi connectivity index (χ3v) is 7.01. The Morgan fingerprint density at radius 2 is 2.00 bits per heavy atom. The van der Waals surface area contributed by atoms with E-state index in [4.69, 9.17) is 4.74 Å². The number of hydrogen-bond donors (Lipinski definition) is 3. The summed E-state index contributed by atoms with van der Waals surface area (Å²) in [5, 5.41) is 22.2. The van der Waals surface area contributed by atoms with Crippen LogP contribution in [0.15, 0.2) is 30.3 Å². The van der Waals surface area contributed by atoms with E-state index in [1.165, 1.54) is 32.1 Å². The maximum absolute atomic E-state index is 13.4. The Kier molecular flexibility index (Phi) is 6.22. The lowest BCUT2D eigenvalue weighted by Gasteiger charge is -2.21. The Labute approximate surface area is 194 Å². The average molecular weight is 449 g/mol. The molecule has 1 fully saturated rings. The largest absolute Gasteiger partial charge is 0.507 e. The van der Waals surface area contributed by atoms with Crippen molar-refractivity contribution in [1.29, 1.82) is 0 Å². The molecule has 2 aliphatic rings. The highest BCUT2D eigenvalue weighted by Crippen LogP contribution is 2.33. The molecule has 0 atom stereocenters. The highest BCUT2D eigenvalue weighted by atomic mass is 16.5. The molecule has 1 aliphatic heterocycles. The number of fused-ring (bicyclic) bond motifs is 2. The minimum atomic E-state index is -0.159. The molecule has 1 aromatic heterocycles. The molecule has 0 unspecified atom stereocenters. The van der Waals surface area contributed by atoms with E-state index in [-0.39, 0.29) is 11.7 Å². The van der Waals surface area contributed by atoms with Gasteiger partial charge in [-0.3, -0.25) is 9.89 Å². The summed E-state index contributed by atoms with van der Waals surface area (Å²) in [5.41, 5.74) is 4.33. The summed E-state index contributed by atoms with van der Waals surface area (Å²) in [4.78, 5) is 15.2. The van der Waals surface area contributed by atoms with Crippen LogP contribution in [-0.4, -0.2) is 46.3 Å². The van der Waals surface area contributed by atoms with Crippen molar-refractivity contribution in [1.82, 2.24) is 20.4 Å². The molecular weight excluding hydrogens is 416 g/mol. The predicted molar refractivity (Wildman–Crippen MR) is 127 cm³/mol. The number of aromatic amines is 1. The third kappa shape index (κ3) is 4.55. The first kappa shape index (κ1) is 21.8. The molecular formula is C26H32N4O3. The van der Waals surface area contributed by atoms with E-state index in [1.807, 2.05) is 31.3 Å². The zero-order valence-corrected chi connectivity index (χ0v) is 19.2. The molecule has 33 heavy (non-hydrogen) atoms. The second-order valence-electron chi connectivity index (χ2n) is 9.34. The van der Waals surface area contributed by atoms with Crippen molar-refractivity contribution in [2.24, 2.45) is 5.92 Å². The first-order chi connectivity index (χ1) is 16.1. The van der Waals surface area contributed by atoms with E-state index in [2.05, 4.69) is 15.5 Å². The standard InChI is InChI=1S/C26H32N4O3/c1-27-9-10-33-20-8-7-18-15-30(16-19(18)12-20)26(32)22-13-21-23(11-17-5-3-2-4-6-17)28-29-24(21)14-25(22)31/h7-8,12-14,17,27,31H,2-6,9-11,15-16H2,1H3,(H,28,29). The van der Waals surface area contributed by atoms with Crippen LogP contribution in [0.4, 0.5) is 0 Å². The lowest BCUT2D eigenvalue weighted by Crippen LogP contribution is -2.25. The van der Waals surface area contributed by atoms with Crippen LogP contribution in [0.3, 0.4) is 0 Å². The zero-order chi connectivity index (χ0) is 22.8. The maximum atomic E-state index is 13.4. The number of ether oxygens (including phenoxy) is 1. The van der Waals surface area contributed by atoms with Crippen molar-refractivity contribution in [3.05, 3.63) is 52.7 Å². The molecule has 1 saturated carbocycles. The normalized spacial score (nSPS) is 16.3. The molecule has 174 valence electrons. The van der Waals surface area contributed by atoms with Gasteiger partial charge in [0.05, 0.1) is 11.1 Å². The molecule has 3 N–H and O–H groups in total. The number of nitrogens with one attached hydrogen (secondary N) is 2. The van der Waals surface area contributed by atoms with E-state index in [1.54, 1.807) is 11.0 Å². The number of rotatable bonds is 7. The van der Waals surface area contributed by atoms with Gasteiger partial charge >= 0.3 is 0 Å². The molecule has 7 heteroatoms. The highest BCUT2D eigenvalue weighted by Gasteiger charge is 2.27. The van der Waals surface area contributed by atoms with Gasteiger partial charge in [0.15, 0.2) is 0 Å². The Morgan fingerprint density at radius 3 is 2.82 bits per heavy atom. The lowest BCUT2D eigenvalue weighted by molar-refractivity contribution is 0.0748. The number of hydrogen-bond acceptors (Lipinski definition) is 5. The molecule has 7 nitrogen and oxygen atoms in total. The van der Waals surface area contributed by atoms with E-state index in [9.17, 15) is 9.90 Å². The Balaban J connectivity index is 1.34. The number of benzene rings is 2. The first-order valence-electron chi connectivity index (χ1n) is 12.0. The molecule has 1 aliphatic carbocycles. The first-order valence-corrected chi connectivity index (χ1v) is 12.0. The molecule has 2 heterocycles. The molecule has 2 aromatic carbocycles. The van der Waals surface area contributed by atoms with Gasteiger partial charge in [0.1, 0.15) is 18.1 Å². The molecule has 1 amide bonds. The van der Waals surface area contributed by atoms with E-state index >= 15 is 0 Å². The summed E-state index contributed by atoms with van der Waals surface area (Å²) >= 11 is 0. The second-order valence-corrected chi connectivity index (χ2v) is 9.34. The second kappa shape index (κ2) is 9.43. The Bertz CT molecular complexity index is 1150. The zero-order valence-electron chi connectivity index (χ0n) is 19.2. The third-order valence-electron chi connectivity index (χ3n) is 7.01. The molecule has 5 rings (SSSR count). The van der Waals surface area contributed by atoms with Crippen LogP contribution in [-0.2, 0) is 19.5 Å². The van der Waals surface area contributed by atoms with Crippen LogP contribution in [0.5, 0.6) is 11.5 Å². The number of aromatic nitrogens is 2. The van der Waals surface area contributed by atoms with Crippen LogP contribution in [0.25, 0.3) is 10.9 Å². The Hall–Kier alpha value is -3.06. The SMILES string of the molecule is CNCCOc1ccc2c(c1)CN(C(=O)c1cc3c(CC4CCCCC4)[nH]nc3cc1O)C2. The van der Waals surface area contributed by atoms with Crippen molar-refractivity contribution in [2.45, 2.75) is 51.6 Å². The summed E-state index contributed by atoms with van der Waals surface area (Å²) in [6.07, 6.45) is 7.35. The number of nitrogens with zero attached hydrogens (tertiary/aromatic N) is 2. The molecule has 0 bridgehead atoms. The van der Waals surface area contributed by atoms with Gasteiger partial charge in [-0.15, -0.1) is 0 Å². The fraction of sp³-hybridized carbons (Fsp3) is 0.462. The van der Waals surface area contributed by atoms with Gasteiger partial charge in [-0.25, -0.2) is 0 Å². The van der Waals surface area contributed by atoms with Gasteiger partial charge in [-0.05, 0) is 48.7 Å². The number of phenols is 1. The van der Waals surface area contributed by atoms with Crippen molar-refractivity contribution in [3.8, 4) is 11.5 Å². The van der Waals surface area contributed by atoms with Crippen molar-refractivity contribution < 1.29 is 14.6 Å². The van der Waals surface area contributed by atoms with Crippen molar-refractivity contribution in [3.63, 3.8) is 0 Å². The monoisotopic (exact) mass is 448 g/mol. The van der Waals surface area contributed by atoms with Gasteiger partial charge in [0, 0.05) is 36.8 Å². The number of aromatic hydroxyl groups is 1. The minimum Gasteiger partial charge on any atom is -0.507 e. The van der Waals surface area contributed by atoms with Crippen LogP contribution >= 0.6 is 0 Å². The smallest absolute Gasteiger partial charge is 0.258 e. The van der Waals surface area contributed by atoms with Crippen molar-refractivity contribution in [2.75, 3.05) is 20.2 Å². The number of carbonyl (C=O) groups is 1. The topological polar surface area (TPSA) is 90.5 Å². The fourth-order valence-corrected chi connectivity index (χ4v) is 5.15. The van der Waals surface area contributed by atoms with Crippen molar-refractivity contribution >= 4 is 16.8 Å². The summed E-state index contributed by atoms with van der Waals surface area (Å²) < 4.78 is 5.77. The highest BCUT2D eigenvalue weighted by molar-refractivity contribution is 6.01. The molecule has 3 aromatic rings. The number of amides is 1. The van der Waals surface area contributed by atoms with Crippen LogP contribution < -0.4 is 10.1 Å². The average Bonchev–Trinajstić information content (AvgIpc) is 3.42. The Morgan fingerprint density at radius 1 is 1.18 bits per heavy atom. The predicted octanol–water partition coefficient (Wildman–Crippen LogP) is 4.15. The fourth-order valence-electron chi connectivity index (χ4n) is 5.15. The van der Waals surface area contributed by atoms with Gasteiger partial charge < -0.3 is 20.1 Å². The van der Waals surface area contributed by atoms with E-state index < -0.39 is 0 Å². The molecule has 0 saturated heterocycles.